The van der Waals surface area contributed by atoms with Crippen molar-refractivity contribution in [3.8, 4) is 5.69 Å². The highest BCUT2D eigenvalue weighted by atomic mass is 16.5. The van der Waals surface area contributed by atoms with Gasteiger partial charge >= 0.3 is 5.97 Å². The number of para-hydroxylation sites is 1. The molecule has 1 atom stereocenters. The molecule has 4 rings (SSSR count). The van der Waals surface area contributed by atoms with Crippen LogP contribution in [0.3, 0.4) is 0 Å². The van der Waals surface area contributed by atoms with Crippen LogP contribution in [0.25, 0.3) is 16.6 Å². The summed E-state index contributed by atoms with van der Waals surface area (Å²) >= 11 is 0. The zero-order chi connectivity index (χ0) is 18.8. The summed E-state index contributed by atoms with van der Waals surface area (Å²) in [5, 5.41) is 11.4. The molecular weight excluding hydrogens is 348 g/mol. The molecule has 9 heteroatoms. The predicted molar refractivity (Wildman–Crippen MR) is 95.3 cm³/mol. The van der Waals surface area contributed by atoms with E-state index in [1.165, 1.54) is 11.0 Å². The number of benzene rings is 2. The van der Waals surface area contributed by atoms with Gasteiger partial charge in [0, 0.05) is 0 Å². The van der Waals surface area contributed by atoms with Gasteiger partial charge in [0.1, 0.15) is 6.33 Å². The fourth-order valence-corrected chi connectivity index (χ4v) is 2.61. The summed E-state index contributed by atoms with van der Waals surface area (Å²) in [5.74, 6) is -0.237. The second-order valence-electron chi connectivity index (χ2n) is 5.82. The van der Waals surface area contributed by atoms with Gasteiger partial charge in [-0.3, -0.25) is 4.79 Å². The van der Waals surface area contributed by atoms with Gasteiger partial charge in [-0.15, -0.1) is 5.10 Å². The van der Waals surface area contributed by atoms with Crippen LogP contribution in [-0.4, -0.2) is 36.1 Å². The normalized spacial score (nSPS) is 12.0. The monoisotopic (exact) mass is 362 g/mol. The number of nitrogens with one attached hydrogen (secondary N) is 1. The molecule has 0 radical (unpaired) electrons. The maximum Gasteiger partial charge on any atom is 0.338 e. The molecule has 9 nitrogen and oxygen atoms in total. The van der Waals surface area contributed by atoms with Crippen molar-refractivity contribution < 1.29 is 9.53 Å². The summed E-state index contributed by atoms with van der Waals surface area (Å²) in [6, 6.07) is 13.6. The topological polar surface area (TPSA) is 116 Å². The minimum atomic E-state index is -0.714. The van der Waals surface area contributed by atoms with Crippen LogP contribution in [0.1, 0.15) is 29.2 Å². The second kappa shape index (κ2) is 6.79. The van der Waals surface area contributed by atoms with E-state index in [-0.39, 0.29) is 11.4 Å². The minimum Gasteiger partial charge on any atom is -0.451 e. The van der Waals surface area contributed by atoms with E-state index < -0.39 is 12.1 Å². The van der Waals surface area contributed by atoms with Crippen molar-refractivity contribution in [1.29, 1.82) is 0 Å². The molecule has 0 saturated carbocycles. The molecule has 0 saturated heterocycles. The molecule has 4 aromatic rings. The second-order valence-corrected chi connectivity index (χ2v) is 5.82. The molecule has 1 N–H and O–H groups in total. The quantitative estimate of drug-likeness (QED) is 0.550. The fraction of sp³-hybridized carbons (Fsp3) is 0.111. The minimum absolute atomic E-state index is 0.274. The Labute approximate surface area is 152 Å². The Morgan fingerprint density at radius 1 is 1.15 bits per heavy atom. The van der Waals surface area contributed by atoms with Crippen molar-refractivity contribution in [1.82, 2.24) is 30.2 Å². The van der Waals surface area contributed by atoms with Crippen LogP contribution in [0.15, 0.2) is 59.7 Å². The van der Waals surface area contributed by atoms with Gasteiger partial charge in [0.15, 0.2) is 11.9 Å². The number of H-pyrrole nitrogens is 1. The molecular formula is C18H14N6O3. The maximum atomic E-state index is 12.4. The number of fused-ring (bicyclic) bond motifs is 1. The van der Waals surface area contributed by atoms with Crippen molar-refractivity contribution in [3.63, 3.8) is 0 Å². The smallest absolute Gasteiger partial charge is 0.338 e. The molecule has 0 fully saturated rings. The summed E-state index contributed by atoms with van der Waals surface area (Å²) in [4.78, 5) is 31.6. The largest absolute Gasteiger partial charge is 0.451 e. The van der Waals surface area contributed by atoms with Gasteiger partial charge < -0.3 is 9.72 Å². The molecule has 0 aliphatic heterocycles. The van der Waals surface area contributed by atoms with E-state index in [1.54, 1.807) is 55.5 Å². The molecule has 0 bridgehead atoms. The number of carbonyl (C=O) groups is 1. The zero-order valence-electron chi connectivity index (χ0n) is 14.2. The van der Waals surface area contributed by atoms with Gasteiger partial charge in [0.25, 0.3) is 5.56 Å². The van der Waals surface area contributed by atoms with Crippen molar-refractivity contribution in [2.45, 2.75) is 13.0 Å². The third kappa shape index (κ3) is 3.30. The molecule has 0 spiro atoms. The molecule has 0 amide bonds. The molecule has 27 heavy (non-hydrogen) atoms. The van der Waals surface area contributed by atoms with Crippen molar-refractivity contribution in [2.75, 3.05) is 0 Å². The first kappa shape index (κ1) is 16.6. The predicted octanol–water partition coefficient (Wildman–Crippen LogP) is 1.82. The molecule has 134 valence electrons. The Morgan fingerprint density at radius 3 is 2.67 bits per heavy atom. The summed E-state index contributed by atoms with van der Waals surface area (Å²) < 4.78 is 6.91. The van der Waals surface area contributed by atoms with Crippen LogP contribution >= 0.6 is 0 Å². The number of rotatable bonds is 4. The van der Waals surface area contributed by atoms with Gasteiger partial charge in [0.2, 0.25) is 0 Å². The lowest BCUT2D eigenvalue weighted by atomic mass is 10.2. The average Bonchev–Trinajstić information content (AvgIpc) is 3.23. The highest BCUT2D eigenvalue weighted by Crippen LogP contribution is 2.17. The van der Waals surface area contributed by atoms with Crippen molar-refractivity contribution in [3.05, 3.63) is 76.6 Å². The third-order valence-corrected chi connectivity index (χ3v) is 4.02. The van der Waals surface area contributed by atoms with E-state index >= 15 is 0 Å². The summed E-state index contributed by atoms with van der Waals surface area (Å²) in [6.07, 6.45) is 0.742. The van der Waals surface area contributed by atoms with E-state index in [0.717, 1.165) is 0 Å². The van der Waals surface area contributed by atoms with Gasteiger partial charge in [-0.25, -0.2) is 14.5 Å². The van der Waals surface area contributed by atoms with Crippen LogP contribution in [0, 0.1) is 0 Å². The van der Waals surface area contributed by atoms with E-state index in [9.17, 15) is 9.59 Å². The first-order valence-electron chi connectivity index (χ1n) is 8.15. The SMILES string of the molecule is CC(OC(=O)c1ccc(-n2cnnn2)cc1)c1nc2ccccc2c(=O)[nH]1. The van der Waals surface area contributed by atoms with Gasteiger partial charge in [0.05, 0.1) is 22.2 Å². The zero-order valence-corrected chi connectivity index (χ0v) is 14.2. The fourth-order valence-electron chi connectivity index (χ4n) is 2.61. The maximum absolute atomic E-state index is 12.4. The Balaban J connectivity index is 1.53. The highest BCUT2D eigenvalue weighted by Gasteiger charge is 2.17. The number of aromatic nitrogens is 6. The summed E-state index contributed by atoms with van der Waals surface area (Å²) in [6.45, 7) is 1.65. The van der Waals surface area contributed by atoms with Gasteiger partial charge in [-0.1, -0.05) is 12.1 Å². The van der Waals surface area contributed by atoms with E-state index in [2.05, 4.69) is 25.5 Å². The Kier molecular flexibility index (Phi) is 4.17. The Morgan fingerprint density at radius 2 is 1.93 bits per heavy atom. The molecule has 1 unspecified atom stereocenters. The Hall–Kier alpha value is -3.88. The van der Waals surface area contributed by atoms with Crippen LogP contribution in [0.5, 0.6) is 0 Å². The summed E-state index contributed by atoms with van der Waals surface area (Å²) in [7, 11) is 0. The number of carbonyl (C=O) groups excluding carboxylic acids is 1. The number of nitrogens with zero attached hydrogens (tertiary/aromatic N) is 5. The molecule has 2 aromatic heterocycles. The van der Waals surface area contributed by atoms with Crippen molar-refractivity contribution >= 4 is 16.9 Å². The lowest BCUT2D eigenvalue weighted by molar-refractivity contribution is 0.0320. The van der Waals surface area contributed by atoms with Crippen LogP contribution in [0.2, 0.25) is 0 Å². The lowest BCUT2D eigenvalue weighted by Crippen LogP contribution is -2.17. The van der Waals surface area contributed by atoms with Crippen molar-refractivity contribution in [2.24, 2.45) is 0 Å². The van der Waals surface area contributed by atoms with Crippen LogP contribution in [0.4, 0.5) is 0 Å². The number of tetrazole rings is 1. The molecule has 0 aliphatic rings. The first-order chi connectivity index (χ1) is 13.1. The lowest BCUT2D eigenvalue weighted by Gasteiger charge is -2.13. The molecule has 0 aliphatic carbocycles. The van der Waals surface area contributed by atoms with Gasteiger partial charge in [-0.2, -0.15) is 0 Å². The standard InChI is InChI=1S/C18H14N6O3/c1-11(16-20-15-5-3-2-4-14(15)17(25)21-16)27-18(26)12-6-8-13(9-7-12)24-10-19-22-23-24/h2-11H,1H3,(H,20,21,25). The Bertz CT molecular complexity index is 1150. The number of hydrogen-bond acceptors (Lipinski definition) is 7. The first-order valence-corrected chi connectivity index (χ1v) is 8.15. The van der Waals surface area contributed by atoms with Gasteiger partial charge in [-0.05, 0) is 53.7 Å². The number of esters is 1. The number of ether oxygens (including phenoxy) is 1. The summed E-state index contributed by atoms with van der Waals surface area (Å²) in [5.41, 5.74) is 1.35. The van der Waals surface area contributed by atoms with Crippen LogP contribution < -0.4 is 5.56 Å². The van der Waals surface area contributed by atoms with Crippen LogP contribution in [-0.2, 0) is 4.74 Å². The van der Waals surface area contributed by atoms with E-state index in [0.29, 0.717) is 22.2 Å². The highest BCUT2D eigenvalue weighted by molar-refractivity contribution is 5.89. The third-order valence-electron chi connectivity index (χ3n) is 4.02. The van der Waals surface area contributed by atoms with E-state index in [4.69, 9.17) is 4.74 Å². The average molecular weight is 362 g/mol. The van der Waals surface area contributed by atoms with E-state index in [1.807, 2.05) is 0 Å². The number of aromatic amines is 1. The molecule has 2 heterocycles. The number of hydrogen-bond donors (Lipinski definition) is 1. The molecule has 2 aromatic carbocycles.